The molecule has 0 spiro atoms. The number of ether oxygens (including phenoxy) is 2. The number of nitrogens with zero attached hydrogens (tertiary/aromatic N) is 3. The van der Waals surface area contributed by atoms with Crippen molar-refractivity contribution in [2.24, 2.45) is 0 Å². The molecule has 1 aliphatic heterocycles. The van der Waals surface area contributed by atoms with Gasteiger partial charge in [0.2, 0.25) is 10.9 Å². The summed E-state index contributed by atoms with van der Waals surface area (Å²) in [5.74, 6) is 0.779. The molecule has 0 fully saturated rings. The summed E-state index contributed by atoms with van der Waals surface area (Å²) in [7, 11) is 0. The van der Waals surface area contributed by atoms with Gasteiger partial charge in [0.1, 0.15) is 22.1 Å². The molecule has 0 N–H and O–H groups in total. The number of amides is 1. The zero-order chi connectivity index (χ0) is 23.1. The van der Waals surface area contributed by atoms with Gasteiger partial charge in [-0.2, -0.15) is 0 Å². The topological polar surface area (TPSA) is 94.8 Å². The second-order valence-electron chi connectivity index (χ2n) is 7.45. The molecule has 8 nitrogen and oxygen atoms in total. The van der Waals surface area contributed by atoms with E-state index in [0.717, 1.165) is 5.56 Å². The van der Waals surface area contributed by atoms with Crippen LogP contribution < -0.4 is 19.8 Å². The molecule has 33 heavy (non-hydrogen) atoms. The van der Waals surface area contributed by atoms with Gasteiger partial charge >= 0.3 is 0 Å². The van der Waals surface area contributed by atoms with E-state index in [1.165, 1.54) is 16.2 Å². The van der Waals surface area contributed by atoms with Crippen molar-refractivity contribution >= 4 is 33.3 Å². The van der Waals surface area contributed by atoms with Crippen LogP contribution in [0.5, 0.6) is 11.5 Å². The summed E-state index contributed by atoms with van der Waals surface area (Å²) in [6.07, 6.45) is 0. The number of fused-ring (bicyclic) bond motifs is 2. The standard InChI is InChI=1S/C24H21N3O5S/c1-4-30-15-8-6-7-14(11-15)20-19-21(28)17-10-9-16(31-5-2)12-18(17)32-22(19)23(29)27(20)24-26-25-13(3)33-24/h6-12,20H,4-5H2,1-3H3. The molecule has 0 saturated carbocycles. The van der Waals surface area contributed by atoms with Crippen LogP contribution in [0, 0.1) is 6.92 Å². The van der Waals surface area contributed by atoms with Crippen LogP contribution in [0.3, 0.4) is 0 Å². The van der Waals surface area contributed by atoms with Gasteiger partial charge in [0.05, 0.1) is 30.2 Å². The fourth-order valence-corrected chi connectivity index (χ4v) is 4.76. The second kappa shape index (κ2) is 8.32. The maximum atomic E-state index is 13.7. The fourth-order valence-electron chi connectivity index (χ4n) is 4.04. The largest absolute Gasteiger partial charge is 0.494 e. The van der Waals surface area contributed by atoms with Crippen LogP contribution in [0.1, 0.15) is 46.6 Å². The molecule has 1 atom stereocenters. The molecule has 1 unspecified atom stereocenters. The van der Waals surface area contributed by atoms with Crippen LogP contribution in [0.15, 0.2) is 51.7 Å². The van der Waals surface area contributed by atoms with Crippen molar-refractivity contribution < 1.29 is 18.7 Å². The molecule has 168 valence electrons. The lowest BCUT2D eigenvalue weighted by Gasteiger charge is -2.22. The van der Waals surface area contributed by atoms with Gasteiger partial charge in [-0.05, 0) is 50.6 Å². The van der Waals surface area contributed by atoms with Crippen molar-refractivity contribution in [2.45, 2.75) is 26.8 Å². The Balaban J connectivity index is 1.75. The third-order valence-electron chi connectivity index (χ3n) is 5.36. The van der Waals surface area contributed by atoms with Gasteiger partial charge in [-0.1, -0.05) is 23.5 Å². The van der Waals surface area contributed by atoms with E-state index in [9.17, 15) is 9.59 Å². The first-order chi connectivity index (χ1) is 16.0. The summed E-state index contributed by atoms with van der Waals surface area (Å²) >= 11 is 1.28. The van der Waals surface area contributed by atoms with Crippen molar-refractivity contribution in [3.8, 4) is 11.5 Å². The molecule has 5 rings (SSSR count). The summed E-state index contributed by atoms with van der Waals surface area (Å²) in [5.41, 5.74) is 1.03. The third kappa shape index (κ3) is 3.54. The number of hydrogen-bond donors (Lipinski definition) is 0. The Hall–Kier alpha value is -3.72. The van der Waals surface area contributed by atoms with Crippen molar-refractivity contribution in [1.29, 1.82) is 0 Å². The quantitative estimate of drug-likeness (QED) is 0.415. The van der Waals surface area contributed by atoms with Crippen LogP contribution >= 0.6 is 11.3 Å². The predicted octanol–water partition coefficient (Wildman–Crippen LogP) is 4.50. The number of carbonyl (C=O) groups is 1. The lowest BCUT2D eigenvalue weighted by atomic mass is 9.98. The molecule has 0 bridgehead atoms. The summed E-state index contributed by atoms with van der Waals surface area (Å²) < 4.78 is 17.2. The molecule has 3 heterocycles. The minimum atomic E-state index is -0.715. The van der Waals surface area contributed by atoms with Crippen molar-refractivity contribution in [3.05, 3.63) is 74.6 Å². The van der Waals surface area contributed by atoms with E-state index in [1.54, 1.807) is 18.2 Å². The molecular weight excluding hydrogens is 442 g/mol. The summed E-state index contributed by atoms with van der Waals surface area (Å²) in [5, 5.41) is 9.74. The first-order valence-corrected chi connectivity index (χ1v) is 11.4. The Morgan fingerprint density at radius 3 is 2.48 bits per heavy atom. The minimum absolute atomic E-state index is 0.000754. The first-order valence-electron chi connectivity index (χ1n) is 10.6. The predicted molar refractivity (Wildman–Crippen MR) is 125 cm³/mol. The third-order valence-corrected chi connectivity index (χ3v) is 6.20. The van der Waals surface area contributed by atoms with Crippen LogP contribution in [0.2, 0.25) is 0 Å². The Bertz CT molecular complexity index is 1430. The highest BCUT2D eigenvalue weighted by Gasteiger charge is 2.45. The highest BCUT2D eigenvalue weighted by Crippen LogP contribution is 2.42. The minimum Gasteiger partial charge on any atom is -0.494 e. The molecule has 1 aliphatic rings. The lowest BCUT2D eigenvalue weighted by molar-refractivity contribution is 0.0970. The van der Waals surface area contributed by atoms with Gasteiger partial charge in [-0.25, -0.2) is 0 Å². The molecule has 0 aliphatic carbocycles. The van der Waals surface area contributed by atoms with Crippen LogP contribution in [-0.4, -0.2) is 29.3 Å². The molecule has 2 aromatic heterocycles. The average molecular weight is 464 g/mol. The van der Waals surface area contributed by atoms with Crippen molar-refractivity contribution in [1.82, 2.24) is 10.2 Å². The smallest absolute Gasteiger partial charge is 0.297 e. The number of hydrogen-bond acceptors (Lipinski definition) is 8. The van der Waals surface area contributed by atoms with E-state index >= 15 is 0 Å². The molecule has 0 saturated heterocycles. The Morgan fingerprint density at radius 1 is 1.03 bits per heavy atom. The van der Waals surface area contributed by atoms with Gasteiger partial charge < -0.3 is 13.9 Å². The van der Waals surface area contributed by atoms with E-state index in [2.05, 4.69) is 10.2 Å². The average Bonchev–Trinajstić information content (AvgIpc) is 3.35. The molecule has 0 radical (unpaired) electrons. The monoisotopic (exact) mass is 463 g/mol. The van der Waals surface area contributed by atoms with Crippen LogP contribution in [-0.2, 0) is 0 Å². The van der Waals surface area contributed by atoms with E-state index in [4.69, 9.17) is 13.9 Å². The van der Waals surface area contributed by atoms with Crippen LogP contribution in [0.25, 0.3) is 11.0 Å². The molecular formula is C24H21N3O5S. The van der Waals surface area contributed by atoms with Gasteiger partial charge in [-0.3, -0.25) is 14.5 Å². The van der Waals surface area contributed by atoms with Gasteiger partial charge in [-0.15, -0.1) is 10.2 Å². The molecule has 1 amide bonds. The highest BCUT2D eigenvalue weighted by molar-refractivity contribution is 7.15. The zero-order valence-corrected chi connectivity index (χ0v) is 19.1. The summed E-state index contributed by atoms with van der Waals surface area (Å²) in [6, 6.07) is 11.7. The number of anilines is 1. The van der Waals surface area contributed by atoms with E-state index in [0.29, 0.717) is 45.8 Å². The maximum Gasteiger partial charge on any atom is 0.297 e. The summed E-state index contributed by atoms with van der Waals surface area (Å²) in [4.78, 5) is 28.7. The molecule has 9 heteroatoms. The number of carbonyl (C=O) groups excluding carboxylic acids is 1. The maximum absolute atomic E-state index is 13.7. The Labute approximate surface area is 193 Å². The van der Waals surface area contributed by atoms with Gasteiger partial charge in [0, 0.05) is 6.07 Å². The lowest BCUT2D eigenvalue weighted by Crippen LogP contribution is -2.29. The summed E-state index contributed by atoms with van der Waals surface area (Å²) in [6.45, 7) is 6.55. The first kappa shape index (κ1) is 21.1. The Kier molecular flexibility index (Phi) is 5.33. The van der Waals surface area contributed by atoms with Crippen molar-refractivity contribution in [2.75, 3.05) is 18.1 Å². The van der Waals surface area contributed by atoms with Crippen LogP contribution in [0.4, 0.5) is 5.13 Å². The highest BCUT2D eigenvalue weighted by atomic mass is 32.1. The van der Waals surface area contributed by atoms with Gasteiger partial charge in [0.25, 0.3) is 5.91 Å². The van der Waals surface area contributed by atoms with Gasteiger partial charge in [0.15, 0.2) is 5.43 Å². The normalized spacial score (nSPS) is 15.2. The SMILES string of the molecule is CCOc1cccc(C2c3c(oc4cc(OCC)ccc4c3=O)C(=O)N2c2nnc(C)s2)c1. The second-order valence-corrected chi connectivity index (χ2v) is 8.61. The van der Waals surface area contributed by atoms with E-state index in [-0.39, 0.29) is 16.8 Å². The zero-order valence-electron chi connectivity index (χ0n) is 18.3. The van der Waals surface area contributed by atoms with Crippen molar-refractivity contribution in [3.63, 3.8) is 0 Å². The molecule has 2 aromatic carbocycles. The fraction of sp³-hybridized carbons (Fsp3) is 0.250. The Morgan fingerprint density at radius 2 is 1.79 bits per heavy atom. The number of benzene rings is 2. The van der Waals surface area contributed by atoms with E-state index in [1.807, 2.05) is 45.0 Å². The van der Waals surface area contributed by atoms with E-state index < -0.39 is 11.9 Å². The number of rotatable bonds is 6. The number of aryl methyl sites for hydroxylation is 1. The number of aromatic nitrogens is 2. The molecule has 4 aromatic rings.